The van der Waals surface area contributed by atoms with Crippen LogP contribution >= 0.6 is 11.3 Å². The topological polar surface area (TPSA) is 90.5 Å². The van der Waals surface area contributed by atoms with Gasteiger partial charge in [-0.05, 0) is 31.1 Å². The second-order valence-corrected chi connectivity index (χ2v) is 7.18. The van der Waals surface area contributed by atoms with Crippen molar-refractivity contribution in [1.82, 2.24) is 20.9 Å². The van der Waals surface area contributed by atoms with Gasteiger partial charge in [-0.2, -0.15) is 0 Å². The van der Waals surface area contributed by atoms with Gasteiger partial charge < -0.3 is 20.9 Å². The van der Waals surface area contributed by atoms with E-state index in [1.54, 1.807) is 17.5 Å². The van der Waals surface area contributed by atoms with Crippen molar-refractivity contribution in [3.05, 3.63) is 58.3 Å². The van der Waals surface area contributed by atoms with E-state index in [0.29, 0.717) is 11.4 Å². The molecule has 0 radical (unpaired) electrons. The van der Waals surface area contributed by atoms with Gasteiger partial charge in [0.15, 0.2) is 0 Å². The molecule has 0 bridgehead atoms. The molecule has 3 N–H and O–H groups in total. The molecule has 144 valence electrons. The number of hydrogen-bond donors (Lipinski definition) is 3. The van der Waals surface area contributed by atoms with Crippen molar-refractivity contribution in [1.29, 1.82) is 0 Å². The summed E-state index contributed by atoms with van der Waals surface area (Å²) >= 11 is 1.30. The Kier molecular flexibility index (Phi) is 7.97. The van der Waals surface area contributed by atoms with Gasteiger partial charge in [0.1, 0.15) is 0 Å². The molecule has 27 heavy (non-hydrogen) atoms. The van der Waals surface area contributed by atoms with Gasteiger partial charge in [-0.25, -0.2) is 0 Å². The van der Waals surface area contributed by atoms with E-state index < -0.39 is 5.91 Å². The molecule has 2 aromatic rings. The van der Waals surface area contributed by atoms with Crippen LogP contribution in [0, 0.1) is 0 Å². The van der Waals surface area contributed by atoms with E-state index in [1.165, 1.54) is 11.3 Å². The van der Waals surface area contributed by atoms with E-state index in [-0.39, 0.29) is 30.9 Å². The van der Waals surface area contributed by atoms with Crippen molar-refractivity contribution in [2.24, 2.45) is 0 Å². The van der Waals surface area contributed by atoms with E-state index in [9.17, 15) is 14.4 Å². The van der Waals surface area contributed by atoms with Crippen LogP contribution in [-0.2, 0) is 9.59 Å². The number of amides is 3. The lowest BCUT2D eigenvalue weighted by Crippen LogP contribution is -2.44. The fourth-order valence-corrected chi connectivity index (χ4v) is 3.07. The number of rotatable bonds is 9. The zero-order chi connectivity index (χ0) is 19.6. The maximum Gasteiger partial charge on any atom is 0.261 e. The minimum absolute atomic E-state index is 0.148. The molecule has 8 heteroatoms. The summed E-state index contributed by atoms with van der Waals surface area (Å²) in [4.78, 5) is 38.4. The summed E-state index contributed by atoms with van der Waals surface area (Å²) < 4.78 is 0. The molecule has 0 saturated heterocycles. The fourth-order valence-electron chi connectivity index (χ4n) is 2.43. The van der Waals surface area contributed by atoms with Crippen molar-refractivity contribution in [3.63, 3.8) is 0 Å². The summed E-state index contributed by atoms with van der Waals surface area (Å²) in [5.74, 6) is -1.01. The molecule has 3 amide bonds. The van der Waals surface area contributed by atoms with Crippen molar-refractivity contribution in [2.75, 3.05) is 33.7 Å². The van der Waals surface area contributed by atoms with Crippen LogP contribution in [0.4, 0.5) is 0 Å². The molecule has 2 rings (SSSR count). The van der Waals surface area contributed by atoms with E-state index in [2.05, 4.69) is 16.0 Å². The Hall–Kier alpha value is -2.71. The Labute approximate surface area is 162 Å². The first-order chi connectivity index (χ1) is 13.0. The maximum atomic E-state index is 12.2. The van der Waals surface area contributed by atoms with Gasteiger partial charge in [-0.3, -0.25) is 14.4 Å². The fraction of sp³-hybridized carbons (Fsp3) is 0.316. The Balaban J connectivity index is 1.77. The lowest BCUT2D eigenvalue weighted by Gasteiger charge is -2.23. The first kappa shape index (κ1) is 20.6. The number of nitrogens with zero attached hydrogens (tertiary/aromatic N) is 1. The summed E-state index contributed by atoms with van der Waals surface area (Å²) in [6, 6.07) is 12.9. The number of hydrogen-bond acceptors (Lipinski definition) is 5. The summed E-state index contributed by atoms with van der Waals surface area (Å²) in [7, 11) is 3.86. The highest BCUT2D eigenvalue weighted by Gasteiger charge is 2.16. The quantitative estimate of drug-likeness (QED) is 0.598. The SMILES string of the molecule is CN(C)C[C@@H](NC(=O)CNC(=O)CNC(=O)c1cccs1)c1ccccc1. The third-order valence-electron chi connectivity index (χ3n) is 3.69. The summed E-state index contributed by atoms with van der Waals surface area (Å²) in [6.45, 7) is 0.314. The van der Waals surface area contributed by atoms with Gasteiger partial charge in [0.25, 0.3) is 5.91 Å². The van der Waals surface area contributed by atoms with E-state index >= 15 is 0 Å². The van der Waals surface area contributed by atoms with Crippen LogP contribution in [-0.4, -0.2) is 56.4 Å². The molecule has 7 nitrogen and oxygen atoms in total. The average molecular weight is 388 g/mol. The van der Waals surface area contributed by atoms with Gasteiger partial charge in [-0.1, -0.05) is 36.4 Å². The average Bonchev–Trinajstić information content (AvgIpc) is 3.19. The van der Waals surface area contributed by atoms with Gasteiger partial charge >= 0.3 is 0 Å². The molecular weight excluding hydrogens is 364 g/mol. The smallest absolute Gasteiger partial charge is 0.261 e. The number of likely N-dealkylation sites (N-methyl/N-ethyl adjacent to an activating group) is 1. The first-order valence-corrected chi connectivity index (χ1v) is 9.41. The molecule has 1 atom stereocenters. The van der Waals surface area contributed by atoms with Crippen molar-refractivity contribution in [2.45, 2.75) is 6.04 Å². The standard InChI is InChI=1S/C19H24N4O3S/c1-23(2)13-15(14-7-4-3-5-8-14)22-18(25)12-20-17(24)11-21-19(26)16-9-6-10-27-16/h3-10,15H,11-13H2,1-2H3,(H,20,24)(H,21,26)(H,22,25)/t15-/m1/s1. The van der Waals surface area contributed by atoms with Crippen molar-refractivity contribution in [3.8, 4) is 0 Å². The molecule has 0 aliphatic heterocycles. The number of benzene rings is 1. The third kappa shape index (κ3) is 7.20. The predicted molar refractivity (Wildman–Crippen MR) is 106 cm³/mol. The second-order valence-electron chi connectivity index (χ2n) is 6.23. The lowest BCUT2D eigenvalue weighted by molar-refractivity contribution is -0.126. The number of thiophene rings is 1. The zero-order valence-electron chi connectivity index (χ0n) is 15.4. The molecule has 0 aliphatic carbocycles. The zero-order valence-corrected chi connectivity index (χ0v) is 16.2. The monoisotopic (exact) mass is 388 g/mol. The normalized spacial score (nSPS) is 11.7. The molecular formula is C19H24N4O3S. The summed E-state index contributed by atoms with van der Waals surface area (Å²) in [6.07, 6.45) is 0. The van der Waals surface area contributed by atoms with Crippen LogP contribution in [0.5, 0.6) is 0 Å². The van der Waals surface area contributed by atoms with Crippen molar-refractivity contribution < 1.29 is 14.4 Å². The van der Waals surface area contributed by atoms with E-state index in [0.717, 1.165) is 5.56 Å². The molecule has 0 unspecified atom stereocenters. The second kappa shape index (κ2) is 10.4. The lowest BCUT2D eigenvalue weighted by atomic mass is 10.1. The Morgan fingerprint density at radius 1 is 0.963 bits per heavy atom. The highest BCUT2D eigenvalue weighted by atomic mass is 32.1. The van der Waals surface area contributed by atoms with Gasteiger partial charge in [0, 0.05) is 6.54 Å². The van der Waals surface area contributed by atoms with E-state index in [4.69, 9.17) is 0 Å². The maximum absolute atomic E-state index is 12.2. The molecule has 1 heterocycles. The van der Waals surface area contributed by atoms with Crippen LogP contribution in [0.15, 0.2) is 47.8 Å². The van der Waals surface area contributed by atoms with E-state index in [1.807, 2.05) is 49.3 Å². The first-order valence-electron chi connectivity index (χ1n) is 8.53. The number of carbonyl (C=O) groups is 3. The van der Waals surface area contributed by atoms with Crippen LogP contribution < -0.4 is 16.0 Å². The van der Waals surface area contributed by atoms with Gasteiger partial charge in [0.05, 0.1) is 24.0 Å². The Bertz CT molecular complexity index is 748. The Morgan fingerprint density at radius 3 is 2.30 bits per heavy atom. The molecule has 0 spiro atoms. The number of carbonyl (C=O) groups excluding carboxylic acids is 3. The van der Waals surface area contributed by atoms with Crippen LogP contribution in [0.25, 0.3) is 0 Å². The molecule has 1 aromatic heterocycles. The largest absolute Gasteiger partial charge is 0.346 e. The number of nitrogens with one attached hydrogen (secondary N) is 3. The Morgan fingerprint density at radius 2 is 1.67 bits per heavy atom. The van der Waals surface area contributed by atoms with Crippen molar-refractivity contribution >= 4 is 29.1 Å². The van der Waals surface area contributed by atoms with Gasteiger partial charge in [0.2, 0.25) is 11.8 Å². The highest BCUT2D eigenvalue weighted by Crippen LogP contribution is 2.13. The minimum Gasteiger partial charge on any atom is -0.346 e. The molecule has 1 aromatic carbocycles. The minimum atomic E-state index is -0.418. The summed E-state index contributed by atoms with van der Waals surface area (Å²) in [5, 5.41) is 9.75. The van der Waals surface area contributed by atoms with Crippen LogP contribution in [0.1, 0.15) is 21.3 Å². The molecule has 0 saturated carbocycles. The van der Waals surface area contributed by atoms with Crippen LogP contribution in [0.3, 0.4) is 0 Å². The molecule has 0 aliphatic rings. The highest BCUT2D eigenvalue weighted by molar-refractivity contribution is 7.12. The summed E-state index contributed by atoms with van der Waals surface area (Å²) in [5.41, 5.74) is 0.995. The van der Waals surface area contributed by atoms with Gasteiger partial charge in [-0.15, -0.1) is 11.3 Å². The predicted octanol–water partition coefficient (Wildman–Crippen LogP) is 1.01. The van der Waals surface area contributed by atoms with Crippen LogP contribution in [0.2, 0.25) is 0 Å². The third-order valence-corrected chi connectivity index (χ3v) is 4.55. The molecule has 0 fully saturated rings.